The Balaban J connectivity index is 0.840. The number of nitrogens with one attached hydrogen (secondary N) is 10. The van der Waals surface area contributed by atoms with Crippen LogP contribution in [-0.2, 0) is 150 Å². The smallest absolute Gasteiger partial charge is 0.306 e. The highest BCUT2D eigenvalue weighted by Crippen LogP contribution is 2.41. The Morgan fingerprint density at radius 3 is 1.18 bits per heavy atom. The number of halogens is 2. The number of esters is 2. The van der Waals surface area contributed by atoms with Crippen LogP contribution in [0.1, 0.15) is 100 Å². The van der Waals surface area contributed by atoms with Gasteiger partial charge in [0.15, 0.2) is 34.6 Å². The van der Waals surface area contributed by atoms with Crippen LogP contribution in [0.2, 0.25) is 0 Å². The summed E-state index contributed by atoms with van der Waals surface area (Å²) in [5.41, 5.74) is 1.31. The maximum Gasteiger partial charge on any atom is 0.306 e. The molecule has 11 atom stereocenters. The first-order valence-corrected chi connectivity index (χ1v) is 46.4. The Morgan fingerprint density at radius 2 is 0.764 bits per heavy atom. The standard InChI is InChI=1S/C89H135F2N13O40/c1-5-141-78(123)15-13-74(119)102-46-54-37-64(131-3)86(80(90)56(54)48-102)142-19-6-20-143-87-65(132-4)38-55-47-103(49-57(55)81(87)91)75(120)14-16-79(124)144-53(2)39-93-66(111)9-8-59(101-73(118)50-104-76(121)11-12-77(104)122)89(130)99-45-72(117)97-44-71(116)96-43-70(115)95-42-69(114)92-18-22-134-24-26-136-28-30-138-32-34-140-36-35-139-33-31-137-29-27-135-25-23-133-21-17-68(113)100-58(88(129)98-41-61(108)83(126)85(128)63(110)52-106)7-10-67(112)94-40-60(107)82(125)84(127)62(109)51-105/h11-12,37-38,53,58-63,82-85,105-110,125-128H,5-10,13-36,39-52H2,1-4H3,(H,92,114)(H,93,111)(H,94,112)(H,95,115)(H,96,116)(H,97,117)(H,98,129)(H,99,130)(H,100,113)(H,101,118)/t53-,58-,59-,60-,61-,62+,63+,82+,83+,84+,85+/m0/s1. The highest BCUT2D eigenvalue weighted by molar-refractivity contribution is 6.14. The number of hydrogen-bond donors (Lipinski definition) is 20. The minimum absolute atomic E-state index is 0.0290. The van der Waals surface area contributed by atoms with Crippen LogP contribution in [0, 0.1) is 11.6 Å². The Kier molecular flexibility index (Phi) is 58.4. The van der Waals surface area contributed by atoms with Crippen molar-refractivity contribution in [2.24, 2.45) is 0 Å². The predicted molar refractivity (Wildman–Crippen MR) is 486 cm³/mol. The molecule has 0 unspecified atom stereocenters. The molecule has 0 radical (unpaired) electrons. The summed E-state index contributed by atoms with van der Waals surface area (Å²) in [4.78, 5) is 207. The molecule has 5 rings (SSSR count). The molecule has 0 fully saturated rings. The molecule has 810 valence electrons. The van der Waals surface area contributed by atoms with Gasteiger partial charge in [-0.05, 0) is 49.9 Å². The number of amides is 14. The molecule has 0 spiro atoms. The first-order valence-electron chi connectivity index (χ1n) is 46.4. The van der Waals surface area contributed by atoms with Crippen molar-refractivity contribution in [2.75, 3.05) is 212 Å². The molecular formula is C89H135F2N13O40. The number of imide groups is 1. The van der Waals surface area contributed by atoms with E-state index in [1.165, 1.54) is 37.0 Å². The normalized spacial score (nSPS) is 14.8. The molecule has 0 saturated heterocycles. The average Bonchev–Trinajstić information content (AvgIpc) is 1.64. The molecule has 0 saturated carbocycles. The van der Waals surface area contributed by atoms with E-state index in [-0.39, 0.29) is 217 Å². The van der Waals surface area contributed by atoms with Gasteiger partial charge in [-0.2, -0.15) is 0 Å². The number of fused-ring (bicyclic) bond motifs is 2. The quantitative estimate of drug-likeness (QED) is 0.0166. The minimum atomic E-state index is -2.02. The van der Waals surface area contributed by atoms with Crippen LogP contribution in [0.25, 0.3) is 0 Å². The summed E-state index contributed by atoms with van der Waals surface area (Å²) in [5.74, 6) is -13.9. The highest BCUT2D eigenvalue weighted by Gasteiger charge is 2.37. The topological polar surface area (TPSA) is 735 Å². The van der Waals surface area contributed by atoms with E-state index >= 15 is 8.78 Å². The van der Waals surface area contributed by atoms with Gasteiger partial charge in [0, 0.05) is 108 Å². The number of aliphatic hydroxyl groups is 10. The van der Waals surface area contributed by atoms with Gasteiger partial charge >= 0.3 is 11.9 Å². The van der Waals surface area contributed by atoms with E-state index in [1.54, 1.807) is 13.0 Å². The van der Waals surface area contributed by atoms with Crippen molar-refractivity contribution in [3.63, 3.8) is 0 Å². The van der Waals surface area contributed by atoms with Crippen molar-refractivity contribution in [3.05, 3.63) is 58.2 Å². The number of rotatable bonds is 77. The Labute approximate surface area is 826 Å². The lowest BCUT2D eigenvalue weighted by atomic mass is 10.0. The van der Waals surface area contributed by atoms with Gasteiger partial charge in [0.1, 0.15) is 61.4 Å². The zero-order valence-electron chi connectivity index (χ0n) is 80.6. The van der Waals surface area contributed by atoms with Crippen LogP contribution in [0.3, 0.4) is 0 Å². The second-order valence-electron chi connectivity index (χ2n) is 32.3. The third-order valence-corrected chi connectivity index (χ3v) is 21.3. The van der Waals surface area contributed by atoms with Gasteiger partial charge in [-0.25, -0.2) is 8.78 Å². The van der Waals surface area contributed by atoms with Crippen LogP contribution < -0.4 is 72.1 Å². The van der Waals surface area contributed by atoms with Crippen molar-refractivity contribution in [2.45, 2.75) is 171 Å². The van der Waals surface area contributed by atoms with Gasteiger partial charge in [-0.3, -0.25) is 81.6 Å². The van der Waals surface area contributed by atoms with Crippen molar-refractivity contribution in [1.29, 1.82) is 0 Å². The largest absolute Gasteiger partial charge is 0.493 e. The van der Waals surface area contributed by atoms with Crippen molar-refractivity contribution in [3.8, 4) is 23.0 Å². The Morgan fingerprint density at radius 1 is 0.396 bits per heavy atom. The zero-order chi connectivity index (χ0) is 106. The maximum absolute atomic E-state index is 16.2. The van der Waals surface area contributed by atoms with E-state index in [9.17, 15) is 118 Å². The lowest BCUT2D eigenvalue weighted by Crippen LogP contribution is -2.53. The molecule has 0 aliphatic carbocycles. The molecular weight excluding hydrogens is 1930 g/mol. The van der Waals surface area contributed by atoms with Gasteiger partial charge in [-0.15, -0.1) is 0 Å². The molecule has 2 aromatic rings. The summed E-state index contributed by atoms with van der Waals surface area (Å²) >= 11 is 0. The molecule has 55 heteroatoms. The number of ether oxygens (including phenoxy) is 14. The SMILES string of the molecule is CCOC(=O)CCC(=O)N1Cc2cc(OC)c(OCCCOc3c(OC)cc4c(c3F)CN(C(=O)CCC(=O)O[C@@H](C)CNC(=O)CC[C@H](NC(=O)CN3C(=O)C=CC3=O)C(=O)NCC(=O)NCC(=O)NCC(=O)NCC(=O)NCCOCCOCCOCCOCCOCCOCCOCCOCCC(=O)N[C@@H](CCC(=O)NC[C@H](O)[C@@H](O)[C@H](O)[C@H](O)CO)C(=O)NC[C@H](O)[C@@H](O)[C@H](O)[C@H](O)CO)C4)c(F)c2C1. The lowest BCUT2D eigenvalue weighted by molar-refractivity contribution is -0.150. The second kappa shape index (κ2) is 68.5. The molecule has 3 aliphatic heterocycles. The first kappa shape index (κ1) is 123. The molecule has 0 bridgehead atoms. The van der Waals surface area contributed by atoms with Gasteiger partial charge in [0.2, 0.25) is 70.9 Å². The molecule has 53 nitrogen and oxygen atoms in total. The van der Waals surface area contributed by atoms with Crippen LogP contribution in [0.15, 0.2) is 24.3 Å². The van der Waals surface area contributed by atoms with Crippen LogP contribution >= 0.6 is 0 Å². The van der Waals surface area contributed by atoms with Crippen LogP contribution in [-0.4, -0.2) is 439 Å². The third kappa shape index (κ3) is 46.1. The number of nitrogens with zero attached hydrogens (tertiary/aromatic N) is 3. The number of carbonyl (C=O) groups is 16. The predicted octanol–water partition coefficient (Wildman–Crippen LogP) is -9.65. The minimum Gasteiger partial charge on any atom is -0.493 e. The van der Waals surface area contributed by atoms with Crippen molar-refractivity contribution >= 4 is 94.6 Å². The summed E-state index contributed by atoms with van der Waals surface area (Å²) in [6.07, 6.45) is -17.1. The average molecular weight is 2070 g/mol. The fourth-order valence-corrected chi connectivity index (χ4v) is 13.4. The van der Waals surface area contributed by atoms with Crippen molar-refractivity contribution in [1.82, 2.24) is 67.9 Å². The fourth-order valence-electron chi connectivity index (χ4n) is 13.4. The Hall–Kier alpha value is -11.8. The highest BCUT2D eigenvalue weighted by atomic mass is 19.1. The Bertz CT molecular complexity index is 4470. The molecule has 144 heavy (non-hydrogen) atoms. The maximum atomic E-state index is 16.2. The zero-order valence-corrected chi connectivity index (χ0v) is 80.6. The number of hydrogen-bond acceptors (Lipinski definition) is 40. The number of benzene rings is 2. The fraction of sp³-hybridized carbons (Fsp3) is 0.663. The molecule has 3 aliphatic rings. The molecule has 0 aromatic heterocycles. The first-order chi connectivity index (χ1) is 68.9. The van der Waals surface area contributed by atoms with E-state index < -0.39 is 252 Å². The summed E-state index contributed by atoms with van der Waals surface area (Å²) in [6, 6.07) is 0.103. The summed E-state index contributed by atoms with van der Waals surface area (Å²) in [7, 11) is 2.63. The third-order valence-electron chi connectivity index (χ3n) is 21.3. The number of carbonyl (C=O) groups excluding carboxylic acids is 16. The summed E-state index contributed by atoms with van der Waals surface area (Å²) in [6.45, 7) is -0.527. The number of aliphatic hydroxyl groups excluding tert-OH is 10. The van der Waals surface area contributed by atoms with E-state index in [0.29, 0.717) is 42.5 Å². The van der Waals surface area contributed by atoms with Gasteiger partial charge in [0.25, 0.3) is 11.8 Å². The molecule has 2 aromatic carbocycles. The molecule has 3 heterocycles. The molecule has 14 amide bonds. The van der Waals surface area contributed by atoms with Crippen LogP contribution in [0.4, 0.5) is 8.78 Å². The van der Waals surface area contributed by atoms with E-state index in [2.05, 4.69) is 53.2 Å². The molecule has 20 N–H and O–H groups in total. The van der Waals surface area contributed by atoms with Crippen LogP contribution in [0.5, 0.6) is 23.0 Å². The monoisotopic (exact) mass is 2060 g/mol. The lowest BCUT2D eigenvalue weighted by Gasteiger charge is -2.26. The van der Waals surface area contributed by atoms with E-state index in [1.807, 2.05) is 0 Å². The second-order valence-corrected chi connectivity index (χ2v) is 32.3. The summed E-state index contributed by atoms with van der Waals surface area (Å²) in [5, 5.41) is 121. The summed E-state index contributed by atoms with van der Waals surface area (Å²) < 4.78 is 108. The van der Waals surface area contributed by atoms with Crippen molar-refractivity contribution < 1.29 is 203 Å². The van der Waals surface area contributed by atoms with E-state index in [0.717, 1.165) is 12.2 Å². The van der Waals surface area contributed by atoms with Gasteiger partial charge in [-0.1, -0.05) is 0 Å². The van der Waals surface area contributed by atoms with Gasteiger partial charge in [0.05, 0.1) is 211 Å². The van der Waals surface area contributed by atoms with E-state index in [4.69, 9.17) is 76.5 Å². The van der Waals surface area contributed by atoms with Gasteiger partial charge < -0.3 is 180 Å². The number of methoxy groups -OCH3 is 2.